The Morgan fingerprint density at radius 2 is 1.51 bits per heavy atom. The number of fused-ring (bicyclic) bond motifs is 2. The minimum absolute atomic E-state index is 0.0243. The second kappa shape index (κ2) is 11.4. The van der Waals surface area contributed by atoms with E-state index in [0.717, 1.165) is 0 Å². The Hall–Kier alpha value is -3.20. The van der Waals surface area contributed by atoms with E-state index in [0.29, 0.717) is 11.2 Å². The zero-order valence-electron chi connectivity index (χ0n) is 21.8. The smallest absolute Gasteiger partial charge is 0.268 e. The van der Waals surface area contributed by atoms with Gasteiger partial charge in [0.15, 0.2) is 22.9 Å². The first-order valence-corrected chi connectivity index (χ1v) is 15.4. The summed E-state index contributed by atoms with van der Waals surface area (Å²) in [6.45, 7) is -1.49. The van der Waals surface area contributed by atoms with Crippen LogP contribution < -0.4 is 26.1 Å². The van der Waals surface area contributed by atoms with Gasteiger partial charge in [-0.15, -0.1) is 0 Å². The lowest BCUT2D eigenvalue weighted by Gasteiger charge is -2.32. The summed E-state index contributed by atoms with van der Waals surface area (Å²) in [5.74, 6) is 0.234. The molecule has 2 fully saturated rings. The number of aliphatic hydroxyl groups excluding tert-OH is 1. The Kier molecular flexibility index (Phi) is 7.90. The van der Waals surface area contributed by atoms with Crippen molar-refractivity contribution in [1.29, 1.82) is 0 Å². The number of aromatic nitrogens is 8. The van der Waals surface area contributed by atoms with Crippen LogP contribution in [-0.4, -0.2) is 88.4 Å². The summed E-state index contributed by atoms with van der Waals surface area (Å²) in [5, 5.41) is 10.9. The Bertz CT molecular complexity index is 1730. The van der Waals surface area contributed by atoms with Crippen LogP contribution in [0, 0.1) is 0 Å². The van der Waals surface area contributed by atoms with Crippen molar-refractivity contribution in [1.82, 2.24) is 39.0 Å². The van der Waals surface area contributed by atoms with E-state index >= 15 is 0 Å². The van der Waals surface area contributed by atoms with Gasteiger partial charge < -0.3 is 63.4 Å². The van der Waals surface area contributed by atoms with Crippen LogP contribution in [0.15, 0.2) is 25.3 Å². The van der Waals surface area contributed by atoms with Gasteiger partial charge in [0, 0.05) is 6.42 Å². The summed E-state index contributed by atoms with van der Waals surface area (Å²) < 4.78 is 52.8. The zero-order valence-corrected chi connectivity index (χ0v) is 23.5. The minimum Gasteiger partial charge on any atom is -0.790 e. The van der Waals surface area contributed by atoms with Crippen molar-refractivity contribution >= 4 is 49.6 Å². The Balaban J connectivity index is 1.13. The summed E-state index contributed by atoms with van der Waals surface area (Å²) >= 11 is 0. The lowest BCUT2D eigenvalue weighted by atomic mass is 10.1. The monoisotopic (exact) mass is 641 g/mol. The van der Waals surface area contributed by atoms with Gasteiger partial charge in [-0.1, -0.05) is 0 Å². The first-order valence-electron chi connectivity index (χ1n) is 12.5. The number of nitrogens with zero attached hydrogens (tertiary/aromatic N) is 8. The number of ether oxygens (including phenoxy) is 2. The minimum atomic E-state index is -5.44. The van der Waals surface area contributed by atoms with Gasteiger partial charge >= 0.3 is 0 Å². The van der Waals surface area contributed by atoms with Crippen LogP contribution >= 0.6 is 15.6 Å². The number of phosphoric ester groups is 2. The largest absolute Gasteiger partial charge is 0.790 e. The van der Waals surface area contributed by atoms with Gasteiger partial charge in [-0.2, -0.15) is 0 Å². The zero-order chi connectivity index (χ0) is 30.5. The Morgan fingerprint density at radius 3 is 2.16 bits per heavy atom. The van der Waals surface area contributed by atoms with Crippen molar-refractivity contribution < 1.29 is 52.0 Å². The van der Waals surface area contributed by atoms with E-state index in [-0.39, 0.29) is 35.8 Å². The van der Waals surface area contributed by atoms with E-state index in [1.807, 2.05) is 0 Å². The van der Waals surface area contributed by atoms with E-state index in [9.17, 15) is 28.9 Å². The molecule has 7 atom stereocenters. The maximum atomic E-state index is 12.8. The van der Waals surface area contributed by atoms with Gasteiger partial charge in [-0.3, -0.25) is 9.13 Å². The van der Waals surface area contributed by atoms with Gasteiger partial charge in [-0.25, -0.2) is 29.9 Å². The highest BCUT2D eigenvalue weighted by Gasteiger charge is 2.42. The quantitative estimate of drug-likeness (QED) is 0.147. The molecule has 0 spiro atoms. The van der Waals surface area contributed by atoms with Crippen LogP contribution in [0.1, 0.15) is 18.7 Å². The molecule has 2 aliphatic rings. The van der Waals surface area contributed by atoms with E-state index < -0.39 is 65.5 Å². The molecule has 21 nitrogen and oxygen atoms in total. The molecule has 0 radical (unpaired) electrons. The number of imidazole rings is 2. The number of anilines is 2. The molecule has 6 rings (SSSR count). The average Bonchev–Trinajstić information content (AvgIpc) is 3.72. The Morgan fingerprint density at radius 1 is 0.907 bits per heavy atom. The fraction of sp³-hybridized carbons (Fsp3) is 0.500. The van der Waals surface area contributed by atoms with Gasteiger partial charge in [0.05, 0.1) is 52.4 Å². The molecule has 0 aromatic carbocycles. The molecule has 6 heterocycles. The third-order valence-electron chi connectivity index (χ3n) is 6.94. The summed E-state index contributed by atoms with van der Waals surface area (Å²) in [7, 11) is -10.6. The van der Waals surface area contributed by atoms with Crippen LogP contribution in [0.25, 0.3) is 22.3 Å². The number of hydrogen-bond acceptors (Lipinski definition) is 19. The number of nitrogen functional groups attached to an aromatic ring is 2. The van der Waals surface area contributed by atoms with E-state index in [2.05, 4.69) is 34.4 Å². The molecule has 4 aromatic rings. The highest BCUT2D eigenvalue weighted by molar-refractivity contribution is 7.45. The van der Waals surface area contributed by atoms with Crippen LogP contribution in [0.2, 0.25) is 0 Å². The number of phosphoric acid groups is 2. The third kappa shape index (κ3) is 6.10. The van der Waals surface area contributed by atoms with Crippen molar-refractivity contribution in [2.45, 2.75) is 43.1 Å². The average molecular weight is 641 g/mol. The summed E-state index contributed by atoms with van der Waals surface area (Å²) in [6.07, 6.45) is -1.02. The molecule has 43 heavy (non-hydrogen) atoms. The van der Waals surface area contributed by atoms with Crippen molar-refractivity contribution in [2.75, 3.05) is 31.3 Å². The molecule has 0 bridgehead atoms. The van der Waals surface area contributed by atoms with Crippen LogP contribution in [0.5, 0.6) is 0 Å². The van der Waals surface area contributed by atoms with Crippen molar-refractivity contribution in [3.63, 3.8) is 0 Å². The summed E-state index contributed by atoms with van der Waals surface area (Å²) in [4.78, 5) is 59.2. The van der Waals surface area contributed by atoms with E-state index in [1.54, 1.807) is 0 Å². The molecule has 23 heteroatoms. The Labute approximate surface area is 240 Å². The van der Waals surface area contributed by atoms with E-state index in [4.69, 9.17) is 30.0 Å². The van der Waals surface area contributed by atoms with Crippen molar-refractivity contribution in [3.05, 3.63) is 25.3 Å². The first-order chi connectivity index (χ1) is 20.4. The van der Waals surface area contributed by atoms with Gasteiger partial charge in [0.1, 0.15) is 48.2 Å². The molecule has 232 valence electrons. The summed E-state index contributed by atoms with van der Waals surface area (Å²) in [5.41, 5.74) is 12.8. The molecular weight excluding hydrogens is 618 g/mol. The highest BCUT2D eigenvalue weighted by Crippen LogP contribution is 2.46. The fourth-order valence-corrected chi connectivity index (χ4v) is 6.18. The van der Waals surface area contributed by atoms with Gasteiger partial charge in [0.25, 0.3) is 7.82 Å². The molecule has 0 amide bonds. The maximum absolute atomic E-state index is 12.8. The second-order valence-electron chi connectivity index (χ2n) is 9.59. The SMILES string of the molecule is Nc1ncnc2c1ncn2C1CC(OP(=O)([O-])OCC2OCC(n3cnc4c(N)ncnc43)C2O)C(COP(=O)([O-])[O-])O1. The fourth-order valence-electron chi connectivity index (χ4n) is 4.91. The number of hydrogen-bond donors (Lipinski definition) is 3. The number of nitrogens with two attached hydrogens (primary N) is 2. The molecule has 0 aliphatic carbocycles. The summed E-state index contributed by atoms with van der Waals surface area (Å²) in [6, 6.07) is -0.692. The number of aliphatic hydroxyl groups is 1. The predicted molar refractivity (Wildman–Crippen MR) is 135 cm³/mol. The van der Waals surface area contributed by atoms with Gasteiger partial charge in [-0.05, 0) is 0 Å². The maximum Gasteiger partial charge on any atom is 0.268 e. The van der Waals surface area contributed by atoms with Crippen LogP contribution in [-0.2, 0) is 32.2 Å². The number of rotatable bonds is 10. The molecule has 2 saturated heterocycles. The topological polar surface area (TPSA) is 309 Å². The normalized spacial score (nSPS) is 27.7. The molecule has 5 N–H and O–H groups in total. The van der Waals surface area contributed by atoms with Crippen molar-refractivity contribution in [2.24, 2.45) is 0 Å². The second-order valence-corrected chi connectivity index (χ2v) is 12.1. The van der Waals surface area contributed by atoms with Crippen LogP contribution in [0.3, 0.4) is 0 Å². The van der Waals surface area contributed by atoms with Gasteiger partial charge in [0.2, 0.25) is 0 Å². The van der Waals surface area contributed by atoms with Crippen molar-refractivity contribution in [3.8, 4) is 0 Å². The lowest BCUT2D eigenvalue weighted by Crippen LogP contribution is -2.34. The molecule has 2 aliphatic heterocycles. The molecular formula is C20H23N10O11P2-3. The van der Waals surface area contributed by atoms with Crippen LogP contribution in [0.4, 0.5) is 11.6 Å². The molecule has 4 aromatic heterocycles. The predicted octanol–water partition coefficient (Wildman–Crippen LogP) is -2.87. The highest BCUT2D eigenvalue weighted by atomic mass is 31.2. The molecule has 7 unspecified atom stereocenters. The third-order valence-corrected chi connectivity index (χ3v) is 8.40. The first kappa shape index (κ1) is 29.9. The standard InChI is InChI=1S/C20H26N10O11P2/c21-17-14-19(25-5-23-17)29(7-27-14)9-2-37-12(16(9)31)4-39-43(35,36)41-10-1-13(40-11(10)3-38-42(32,33)34)30-8-28-15-18(22)24-6-26-20(15)30/h5-13,16,31H,1-4H2,(H,35,36)(H2,21,23,25)(H2,22,24,26)(H2,32,33,34)/p-3. The lowest BCUT2D eigenvalue weighted by molar-refractivity contribution is -0.343. The van der Waals surface area contributed by atoms with E-state index in [1.165, 1.54) is 34.4 Å². The molecule has 0 saturated carbocycles.